The average Bonchev–Trinajstić information content (AvgIpc) is 2.48. The molecule has 0 atom stereocenters. The molecule has 2 aromatic rings. The van der Waals surface area contributed by atoms with E-state index in [9.17, 15) is 30.8 Å². The van der Waals surface area contributed by atoms with Gasteiger partial charge in [-0.2, -0.15) is 18.3 Å². The zero-order valence-corrected chi connectivity index (χ0v) is 12.7. The molecule has 130 valence electrons. The van der Waals surface area contributed by atoms with Crippen LogP contribution < -0.4 is 10.3 Å². The number of nitrogens with zero attached hydrogens (tertiary/aromatic N) is 2. The predicted octanol–water partition coefficient (Wildman–Crippen LogP) is 1.38. The summed E-state index contributed by atoms with van der Waals surface area (Å²) in [5, 5.41) is 3.70. The number of benzene rings is 1. The Morgan fingerprint density at radius 1 is 1.21 bits per heavy atom. The van der Waals surface area contributed by atoms with Crippen LogP contribution in [0.15, 0.2) is 46.2 Å². The van der Waals surface area contributed by atoms with Gasteiger partial charge in [-0.05, 0) is 24.3 Å². The normalized spacial score (nSPS) is 12.3. The SMILES string of the molecule is O=c1cccnn1CCNS(=O)(=O)c1ccc(F)c(C(F)(F)F)c1. The summed E-state index contributed by atoms with van der Waals surface area (Å²) >= 11 is 0. The first-order valence-electron chi connectivity index (χ1n) is 6.50. The van der Waals surface area contributed by atoms with Crippen LogP contribution >= 0.6 is 0 Å². The topological polar surface area (TPSA) is 81.1 Å². The van der Waals surface area contributed by atoms with Crippen LogP contribution in [-0.2, 0) is 22.7 Å². The number of hydrogen-bond donors (Lipinski definition) is 1. The van der Waals surface area contributed by atoms with E-state index < -0.39 is 38.0 Å². The van der Waals surface area contributed by atoms with Crippen molar-refractivity contribution in [3.8, 4) is 0 Å². The summed E-state index contributed by atoms with van der Waals surface area (Å²) in [4.78, 5) is 10.7. The third-order valence-corrected chi connectivity index (χ3v) is 4.41. The molecule has 1 heterocycles. The zero-order chi connectivity index (χ0) is 18.0. The van der Waals surface area contributed by atoms with Gasteiger partial charge in [0.1, 0.15) is 5.82 Å². The Labute approximate surface area is 133 Å². The maximum Gasteiger partial charge on any atom is 0.419 e. The monoisotopic (exact) mass is 365 g/mol. The molecule has 2 rings (SSSR count). The van der Waals surface area contributed by atoms with Crippen LogP contribution in [-0.4, -0.2) is 24.7 Å². The van der Waals surface area contributed by atoms with Gasteiger partial charge in [0.15, 0.2) is 0 Å². The fourth-order valence-electron chi connectivity index (χ4n) is 1.81. The van der Waals surface area contributed by atoms with Crippen LogP contribution in [0.3, 0.4) is 0 Å². The lowest BCUT2D eigenvalue weighted by Gasteiger charge is -2.11. The smallest absolute Gasteiger partial charge is 0.268 e. The van der Waals surface area contributed by atoms with Gasteiger partial charge >= 0.3 is 6.18 Å². The van der Waals surface area contributed by atoms with Gasteiger partial charge in [-0.15, -0.1) is 0 Å². The summed E-state index contributed by atoms with van der Waals surface area (Å²) in [5.74, 6) is -1.57. The van der Waals surface area contributed by atoms with Crippen molar-refractivity contribution in [2.75, 3.05) is 6.54 Å². The number of rotatable bonds is 5. The molecule has 0 spiro atoms. The number of alkyl halides is 3. The molecule has 1 aromatic carbocycles. The molecule has 0 saturated carbocycles. The van der Waals surface area contributed by atoms with E-state index in [4.69, 9.17) is 0 Å². The molecule has 0 amide bonds. The molecule has 1 N–H and O–H groups in total. The fourth-order valence-corrected chi connectivity index (χ4v) is 2.86. The van der Waals surface area contributed by atoms with Crippen molar-refractivity contribution in [2.45, 2.75) is 17.6 Å². The predicted molar refractivity (Wildman–Crippen MR) is 75.1 cm³/mol. The number of aromatic nitrogens is 2. The highest BCUT2D eigenvalue weighted by molar-refractivity contribution is 7.89. The average molecular weight is 365 g/mol. The molecule has 6 nitrogen and oxygen atoms in total. The second-order valence-electron chi connectivity index (χ2n) is 4.62. The third kappa shape index (κ3) is 4.17. The summed E-state index contributed by atoms with van der Waals surface area (Å²) in [6, 6.07) is 3.99. The van der Waals surface area contributed by atoms with Crippen molar-refractivity contribution < 1.29 is 26.0 Å². The van der Waals surface area contributed by atoms with Crippen molar-refractivity contribution in [2.24, 2.45) is 0 Å². The van der Waals surface area contributed by atoms with E-state index in [0.717, 1.165) is 10.7 Å². The highest BCUT2D eigenvalue weighted by atomic mass is 32.2. The van der Waals surface area contributed by atoms with E-state index in [0.29, 0.717) is 6.07 Å². The van der Waals surface area contributed by atoms with Gasteiger partial charge in [0, 0.05) is 18.8 Å². The standard InChI is InChI=1S/C13H11F4N3O3S/c14-11-4-3-9(8-10(11)13(15,16)17)24(22,23)19-6-7-20-12(21)2-1-5-18-20/h1-5,8,19H,6-7H2. The molecule has 0 aliphatic carbocycles. The fraction of sp³-hybridized carbons (Fsp3) is 0.231. The van der Waals surface area contributed by atoms with Crippen molar-refractivity contribution >= 4 is 10.0 Å². The molecule has 0 aliphatic rings. The molecule has 1 aromatic heterocycles. The Morgan fingerprint density at radius 3 is 2.54 bits per heavy atom. The first kappa shape index (κ1) is 18.1. The van der Waals surface area contributed by atoms with Crippen LogP contribution in [0.25, 0.3) is 0 Å². The van der Waals surface area contributed by atoms with Gasteiger partial charge in [-0.3, -0.25) is 4.79 Å². The highest BCUT2D eigenvalue weighted by Gasteiger charge is 2.35. The molecule has 0 bridgehead atoms. The minimum absolute atomic E-state index is 0.119. The third-order valence-electron chi connectivity index (χ3n) is 2.95. The van der Waals surface area contributed by atoms with Gasteiger partial charge < -0.3 is 0 Å². The maximum atomic E-state index is 13.2. The molecule has 0 saturated heterocycles. The van der Waals surface area contributed by atoms with Gasteiger partial charge in [-0.25, -0.2) is 22.2 Å². The van der Waals surface area contributed by atoms with Crippen LogP contribution in [0.5, 0.6) is 0 Å². The summed E-state index contributed by atoms with van der Waals surface area (Å²) in [7, 11) is -4.30. The van der Waals surface area contributed by atoms with E-state index in [2.05, 4.69) is 5.10 Å². The molecule has 0 fully saturated rings. The highest BCUT2D eigenvalue weighted by Crippen LogP contribution is 2.32. The maximum absolute atomic E-state index is 13.2. The van der Waals surface area contributed by atoms with E-state index in [-0.39, 0.29) is 19.2 Å². The number of halogens is 4. The lowest BCUT2D eigenvalue weighted by molar-refractivity contribution is -0.140. The van der Waals surface area contributed by atoms with Crippen molar-refractivity contribution in [3.63, 3.8) is 0 Å². The summed E-state index contributed by atoms with van der Waals surface area (Å²) in [5.41, 5.74) is -2.14. The van der Waals surface area contributed by atoms with E-state index in [1.54, 1.807) is 0 Å². The van der Waals surface area contributed by atoms with Crippen LogP contribution in [0.1, 0.15) is 5.56 Å². The molecular weight excluding hydrogens is 354 g/mol. The Morgan fingerprint density at radius 2 is 1.92 bits per heavy atom. The molecule has 0 radical (unpaired) electrons. The number of sulfonamides is 1. The van der Waals surface area contributed by atoms with E-state index in [1.165, 1.54) is 18.3 Å². The first-order chi connectivity index (χ1) is 11.1. The lowest BCUT2D eigenvalue weighted by atomic mass is 10.2. The molecule has 0 unspecified atom stereocenters. The second-order valence-corrected chi connectivity index (χ2v) is 6.39. The summed E-state index contributed by atoms with van der Waals surface area (Å²) in [6.45, 7) is -0.399. The van der Waals surface area contributed by atoms with Crippen molar-refractivity contribution in [1.82, 2.24) is 14.5 Å². The first-order valence-corrected chi connectivity index (χ1v) is 7.98. The van der Waals surface area contributed by atoms with Crippen molar-refractivity contribution in [3.05, 3.63) is 58.3 Å². The minimum atomic E-state index is -5.02. The molecule has 11 heteroatoms. The van der Waals surface area contributed by atoms with Crippen LogP contribution in [0.4, 0.5) is 17.6 Å². The van der Waals surface area contributed by atoms with Crippen LogP contribution in [0.2, 0.25) is 0 Å². The van der Waals surface area contributed by atoms with Gasteiger partial charge in [0.2, 0.25) is 10.0 Å². The van der Waals surface area contributed by atoms with E-state index >= 15 is 0 Å². The van der Waals surface area contributed by atoms with E-state index in [1.807, 2.05) is 4.72 Å². The van der Waals surface area contributed by atoms with Crippen molar-refractivity contribution in [1.29, 1.82) is 0 Å². The Hall–Kier alpha value is -2.27. The Kier molecular flexibility index (Phi) is 5.04. The molecule has 24 heavy (non-hydrogen) atoms. The Balaban J connectivity index is 2.16. The lowest BCUT2D eigenvalue weighted by Crippen LogP contribution is -2.31. The number of hydrogen-bond acceptors (Lipinski definition) is 4. The second kappa shape index (κ2) is 6.69. The summed E-state index contributed by atoms with van der Waals surface area (Å²) in [6.07, 6.45) is -3.69. The molecular formula is C13H11F4N3O3S. The van der Waals surface area contributed by atoms with Gasteiger partial charge in [0.05, 0.1) is 17.0 Å². The minimum Gasteiger partial charge on any atom is -0.268 e. The van der Waals surface area contributed by atoms with Crippen LogP contribution in [0, 0.1) is 5.82 Å². The summed E-state index contributed by atoms with van der Waals surface area (Å²) < 4.78 is 78.1. The molecule has 0 aliphatic heterocycles. The van der Waals surface area contributed by atoms with Gasteiger partial charge in [0.25, 0.3) is 5.56 Å². The van der Waals surface area contributed by atoms with Gasteiger partial charge in [-0.1, -0.05) is 0 Å². The quantitative estimate of drug-likeness (QED) is 0.812. The Bertz CT molecular complexity index is 894. The number of nitrogens with one attached hydrogen (secondary N) is 1. The zero-order valence-electron chi connectivity index (χ0n) is 11.9. The largest absolute Gasteiger partial charge is 0.419 e.